The molecule has 0 saturated heterocycles. The fourth-order valence-corrected chi connectivity index (χ4v) is 4.08. The fourth-order valence-electron chi connectivity index (χ4n) is 4.08. The monoisotopic (exact) mass is 524 g/mol. The summed E-state index contributed by atoms with van der Waals surface area (Å²) in [5.41, 5.74) is -1.56. The average Bonchev–Trinajstić information content (AvgIpc) is 2.85. The molecule has 0 radical (unpaired) electrons. The molecule has 2 N–H and O–H groups in total. The van der Waals surface area contributed by atoms with Crippen LogP contribution in [0.5, 0.6) is 0 Å². The first-order valence-electron chi connectivity index (χ1n) is 11.2. The number of ketones is 1. The molecule has 2 aromatic carbocycles. The average molecular weight is 524 g/mol. The molecule has 0 aliphatic carbocycles. The van der Waals surface area contributed by atoms with Gasteiger partial charge in [0, 0.05) is 0 Å². The lowest BCUT2D eigenvalue weighted by atomic mass is 9.84. The van der Waals surface area contributed by atoms with Crippen LogP contribution in [0, 0.1) is 0 Å². The number of aliphatic carboxylic acids is 1. The molecule has 2 amide bonds. The minimum Gasteiger partial charge on any atom is -0.481 e. The first-order chi connectivity index (χ1) is 17.4. The van der Waals surface area contributed by atoms with Crippen LogP contribution in [0.3, 0.4) is 0 Å². The van der Waals surface area contributed by atoms with Crippen molar-refractivity contribution < 1.29 is 46.6 Å². The van der Waals surface area contributed by atoms with E-state index in [-0.39, 0.29) is 12.0 Å². The number of carbonyl (C=O) groups is 4. The number of fused-ring (bicyclic) bond motifs is 1. The van der Waals surface area contributed by atoms with E-state index in [2.05, 4.69) is 5.32 Å². The Kier molecular flexibility index (Phi) is 8.19. The van der Waals surface area contributed by atoms with Gasteiger partial charge in [-0.2, -0.15) is 13.2 Å². The van der Waals surface area contributed by atoms with E-state index in [4.69, 9.17) is 9.84 Å². The van der Waals surface area contributed by atoms with Crippen LogP contribution in [-0.4, -0.2) is 47.1 Å². The van der Waals surface area contributed by atoms with E-state index in [1.165, 1.54) is 19.1 Å². The van der Waals surface area contributed by atoms with Gasteiger partial charge in [-0.25, -0.2) is 9.18 Å². The first kappa shape index (κ1) is 27.6. The van der Waals surface area contributed by atoms with E-state index in [9.17, 15) is 36.7 Å². The number of nitrogens with zero attached hydrogens (tertiary/aromatic N) is 1. The quantitative estimate of drug-likeness (QED) is 0.504. The van der Waals surface area contributed by atoms with E-state index in [1.54, 1.807) is 24.3 Å². The molecule has 0 fully saturated rings. The van der Waals surface area contributed by atoms with Crippen molar-refractivity contribution in [1.29, 1.82) is 0 Å². The van der Waals surface area contributed by atoms with Crippen molar-refractivity contribution in [2.24, 2.45) is 0 Å². The van der Waals surface area contributed by atoms with E-state index >= 15 is 0 Å². The highest BCUT2D eigenvalue weighted by Gasteiger charge is 2.48. The van der Waals surface area contributed by atoms with Crippen molar-refractivity contribution in [1.82, 2.24) is 5.32 Å². The van der Waals surface area contributed by atoms with Crippen LogP contribution in [0.4, 0.5) is 28.0 Å². The number of ether oxygens (including phenoxy) is 1. The van der Waals surface area contributed by atoms with E-state index in [0.29, 0.717) is 17.7 Å². The molecule has 12 heteroatoms. The number of Topliss-reactive ketones (excluding diaryl/α,β-unsaturated/α-hetero) is 1. The van der Waals surface area contributed by atoms with Gasteiger partial charge in [0.15, 0.2) is 5.78 Å². The normalized spacial score (nSPS) is 17.9. The predicted octanol–water partition coefficient (Wildman–Crippen LogP) is 4.05. The molecule has 0 bridgehead atoms. The van der Waals surface area contributed by atoms with Gasteiger partial charge in [0.05, 0.1) is 17.7 Å². The Hall–Kier alpha value is -3.96. The number of anilines is 1. The van der Waals surface area contributed by atoms with E-state index in [1.807, 2.05) is 0 Å². The smallest absolute Gasteiger partial charge is 0.416 e. The van der Waals surface area contributed by atoms with Gasteiger partial charge in [-0.3, -0.25) is 19.3 Å². The first-order valence-corrected chi connectivity index (χ1v) is 11.2. The van der Waals surface area contributed by atoms with Crippen molar-refractivity contribution in [3.05, 3.63) is 65.2 Å². The number of rotatable bonds is 8. The van der Waals surface area contributed by atoms with Crippen LogP contribution < -0.4 is 10.2 Å². The van der Waals surface area contributed by atoms with Gasteiger partial charge in [-0.05, 0) is 49.1 Å². The van der Waals surface area contributed by atoms with Gasteiger partial charge in [0.2, 0.25) is 5.91 Å². The second kappa shape index (κ2) is 11.0. The highest BCUT2D eigenvalue weighted by atomic mass is 19.4. The number of alkyl halides is 4. The maximum Gasteiger partial charge on any atom is 0.416 e. The molecule has 3 rings (SSSR count). The Bertz CT molecular complexity index is 1200. The summed E-state index contributed by atoms with van der Waals surface area (Å²) in [7, 11) is 0. The lowest BCUT2D eigenvalue weighted by Crippen LogP contribution is -2.63. The molecule has 1 heterocycles. The molecule has 37 heavy (non-hydrogen) atoms. The van der Waals surface area contributed by atoms with E-state index < -0.39 is 66.8 Å². The summed E-state index contributed by atoms with van der Waals surface area (Å²) in [6, 6.07) is 9.16. The van der Waals surface area contributed by atoms with Crippen LogP contribution in [0.1, 0.15) is 36.5 Å². The third kappa shape index (κ3) is 6.25. The van der Waals surface area contributed by atoms with Crippen LogP contribution in [0.25, 0.3) is 0 Å². The molecule has 1 aliphatic heterocycles. The van der Waals surface area contributed by atoms with Crippen molar-refractivity contribution in [3.8, 4) is 0 Å². The van der Waals surface area contributed by atoms with Crippen LogP contribution in [0.15, 0.2) is 48.5 Å². The zero-order chi connectivity index (χ0) is 27.4. The summed E-state index contributed by atoms with van der Waals surface area (Å²) in [4.78, 5) is 50.7. The summed E-state index contributed by atoms with van der Waals surface area (Å²) < 4.78 is 57.4. The van der Waals surface area contributed by atoms with Gasteiger partial charge in [-0.15, -0.1) is 0 Å². The van der Waals surface area contributed by atoms with Crippen molar-refractivity contribution >= 4 is 29.4 Å². The number of para-hydroxylation sites is 1. The summed E-state index contributed by atoms with van der Waals surface area (Å²) >= 11 is 0. The maximum absolute atomic E-state index is 13.3. The summed E-state index contributed by atoms with van der Waals surface area (Å²) in [6.45, 7) is -0.650. The fraction of sp³-hybridized carbons (Fsp3) is 0.360. The zero-order valence-electron chi connectivity index (χ0n) is 19.7. The number of hydrogen-bond donors (Lipinski definition) is 2. The highest BCUT2D eigenvalue weighted by Crippen LogP contribution is 2.38. The molecule has 2 atom stereocenters. The number of halogens is 4. The lowest BCUT2D eigenvalue weighted by molar-refractivity contribution is -0.141. The van der Waals surface area contributed by atoms with Crippen molar-refractivity contribution in [3.63, 3.8) is 0 Å². The molecular weight excluding hydrogens is 500 g/mol. The summed E-state index contributed by atoms with van der Waals surface area (Å²) in [6.07, 6.45) is -6.13. The number of nitrogens with one attached hydrogen (secondary N) is 1. The number of carboxylic acid groups (broad SMARTS) is 1. The summed E-state index contributed by atoms with van der Waals surface area (Å²) in [5.74, 6) is -3.50. The molecule has 2 unspecified atom stereocenters. The molecule has 1 aliphatic rings. The SMILES string of the molecule is CC1(C(=O)NC(CC(=O)O)C(=O)CF)CCc2ccccc2N1C(=O)OCc1cccc(C(F)(F)F)c1. The lowest BCUT2D eigenvalue weighted by Gasteiger charge is -2.43. The minimum atomic E-state index is -4.59. The second-order valence-corrected chi connectivity index (χ2v) is 8.71. The number of carbonyl (C=O) groups excluding carboxylic acids is 3. The molecule has 0 spiro atoms. The maximum atomic E-state index is 13.3. The van der Waals surface area contributed by atoms with Gasteiger partial charge in [0.1, 0.15) is 24.9 Å². The van der Waals surface area contributed by atoms with Crippen molar-refractivity contribution in [2.75, 3.05) is 11.6 Å². The largest absolute Gasteiger partial charge is 0.481 e. The molecule has 198 valence electrons. The number of carboxylic acids is 1. The van der Waals surface area contributed by atoms with Crippen LogP contribution in [-0.2, 0) is 38.3 Å². The molecular formula is C25H24F4N2O6. The Morgan fingerprint density at radius 2 is 1.84 bits per heavy atom. The predicted molar refractivity (Wildman–Crippen MR) is 122 cm³/mol. The van der Waals surface area contributed by atoms with Gasteiger partial charge in [-0.1, -0.05) is 30.3 Å². The molecule has 2 aromatic rings. The Morgan fingerprint density at radius 3 is 2.49 bits per heavy atom. The topological polar surface area (TPSA) is 113 Å². The van der Waals surface area contributed by atoms with Gasteiger partial charge >= 0.3 is 18.2 Å². The van der Waals surface area contributed by atoms with Crippen LogP contribution in [0.2, 0.25) is 0 Å². The Morgan fingerprint density at radius 1 is 1.14 bits per heavy atom. The van der Waals surface area contributed by atoms with E-state index in [0.717, 1.165) is 17.0 Å². The van der Waals surface area contributed by atoms with Gasteiger partial charge in [0.25, 0.3) is 0 Å². The third-order valence-corrected chi connectivity index (χ3v) is 6.10. The second-order valence-electron chi connectivity index (χ2n) is 8.71. The van der Waals surface area contributed by atoms with Crippen molar-refractivity contribution in [2.45, 2.75) is 50.6 Å². The summed E-state index contributed by atoms with van der Waals surface area (Å²) in [5, 5.41) is 11.3. The molecule has 8 nitrogen and oxygen atoms in total. The van der Waals surface area contributed by atoms with Gasteiger partial charge < -0.3 is 15.2 Å². The Labute approximate surface area is 209 Å². The zero-order valence-corrected chi connectivity index (χ0v) is 19.7. The minimum absolute atomic E-state index is 0.0398. The molecule has 0 saturated carbocycles. The number of amides is 2. The number of benzene rings is 2. The standard InChI is InChI=1S/C25H24F4N2O6/c1-24(22(35)30-18(12-21(33)34)20(32)13-26)10-9-16-6-2-3-8-19(16)31(24)23(36)37-14-15-5-4-7-17(11-15)25(27,28)29/h2-8,11,18H,9-10,12-14H2,1H3,(H,30,35)(H,33,34). The molecule has 0 aromatic heterocycles. The third-order valence-electron chi connectivity index (χ3n) is 6.10. The number of aryl methyl sites for hydroxylation is 1. The number of hydrogen-bond acceptors (Lipinski definition) is 5. The Balaban J connectivity index is 1.90. The highest BCUT2D eigenvalue weighted by molar-refractivity contribution is 6.03. The van der Waals surface area contributed by atoms with Crippen LogP contribution >= 0.6 is 0 Å².